The Morgan fingerprint density at radius 1 is 1.56 bits per heavy atom. The van der Waals surface area contributed by atoms with Gasteiger partial charge in [0.2, 0.25) is 0 Å². The van der Waals surface area contributed by atoms with Gasteiger partial charge in [0.25, 0.3) is 0 Å². The van der Waals surface area contributed by atoms with Crippen LogP contribution in [0, 0.1) is 12.8 Å². The molecule has 0 amide bonds. The van der Waals surface area contributed by atoms with Gasteiger partial charge < -0.3 is 4.74 Å². The van der Waals surface area contributed by atoms with Crippen molar-refractivity contribution in [1.82, 2.24) is 4.98 Å². The number of nitrogens with zero attached hydrogens (tertiary/aromatic N) is 1. The molecule has 0 saturated heterocycles. The van der Waals surface area contributed by atoms with E-state index < -0.39 is 5.60 Å². The largest absolute Gasteiger partial charge is 0.370 e. The van der Waals surface area contributed by atoms with Gasteiger partial charge in [0, 0.05) is 18.2 Å². The van der Waals surface area contributed by atoms with E-state index >= 15 is 0 Å². The van der Waals surface area contributed by atoms with Crippen molar-refractivity contribution in [1.29, 1.82) is 0 Å². The van der Waals surface area contributed by atoms with Gasteiger partial charge >= 0.3 is 0 Å². The highest BCUT2D eigenvalue weighted by atomic mass is 32.1. The summed E-state index contributed by atoms with van der Waals surface area (Å²) < 4.78 is 5.60. The quantitative estimate of drug-likeness (QED) is 0.841. The SMILES string of the molecule is COC1(C(=O)Cc2nc(C)cs2)CCC(C)CC1. The van der Waals surface area contributed by atoms with Crippen LogP contribution < -0.4 is 0 Å². The molecular formula is C14H21NO2S. The van der Waals surface area contributed by atoms with Gasteiger partial charge in [-0.05, 0) is 38.5 Å². The average molecular weight is 267 g/mol. The highest BCUT2D eigenvalue weighted by Gasteiger charge is 2.40. The first-order chi connectivity index (χ1) is 8.55. The van der Waals surface area contributed by atoms with E-state index in [2.05, 4.69) is 11.9 Å². The summed E-state index contributed by atoms with van der Waals surface area (Å²) in [5.74, 6) is 0.912. The molecule has 1 aliphatic rings. The van der Waals surface area contributed by atoms with Crippen LogP contribution >= 0.6 is 11.3 Å². The maximum absolute atomic E-state index is 12.5. The van der Waals surface area contributed by atoms with Crippen LogP contribution in [-0.2, 0) is 16.0 Å². The number of hydrogen-bond acceptors (Lipinski definition) is 4. The first-order valence-electron chi connectivity index (χ1n) is 6.55. The number of thiazole rings is 1. The molecule has 1 aliphatic carbocycles. The van der Waals surface area contributed by atoms with E-state index in [1.54, 1.807) is 18.4 Å². The molecule has 1 heterocycles. The van der Waals surface area contributed by atoms with Crippen LogP contribution in [0.5, 0.6) is 0 Å². The summed E-state index contributed by atoms with van der Waals surface area (Å²) in [5, 5.41) is 2.90. The van der Waals surface area contributed by atoms with Crippen LogP contribution in [0.1, 0.15) is 43.3 Å². The summed E-state index contributed by atoms with van der Waals surface area (Å²) in [7, 11) is 1.67. The summed E-state index contributed by atoms with van der Waals surface area (Å²) in [6.07, 6.45) is 4.29. The summed E-state index contributed by atoms with van der Waals surface area (Å²) in [5.41, 5.74) is 0.443. The van der Waals surface area contributed by atoms with Gasteiger partial charge in [-0.3, -0.25) is 4.79 Å². The third-order valence-corrected chi connectivity index (χ3v) is 4.93. The summed E-state index contributed by atoms with van der Waals surface area (Å²) >= 11 is 1.56. The molecule has 18 heavy (non-hydrogen) atoms. The minimum Gasteiger partial charge on any atom is -0.370 e. The minimum absolute atomic E-state index is 0.200. The van der Waals surface area contributed by atoms with E-state index in [0.29, 0.717) is 12.3 Å². The third-order valence-electron chi connectivity index (χ3n) is 3.96. The number of carbonyl (C=O) groups excluding carboxylic acids is 1. The zero-order valence-electron chi connectivity index (χ0n) is 11.4. The van der Waals surface area contributed by atoms with Crippen LogP contribution in [0.3, 0.4) is 0 Å². The summed E-state index contributed by atoms with van der Waals surface area (Å²) in [4.78, 5) is 16.8. The van der Waals surface area contributed by atoms with Gasteiger partial charge in [-0.2, -0.15) is 0 Å². The number of rotatable bonds is 4. The monoisotopic (exact) mass is 267 g/mol. The predicted octanol–water partition coefficient (Wildman–Crippen LogP) is 3.16. The number of carbonyl (C=O) groups is 1. The van der Waals surface area contributed by atoms with Crippen molar-refractivity contribution in [2.24, 2.45) is 5.92 Å². The fourth-order valence-electron chi connectivity index (χ4n) is 2.61. The molecule has 0 radical (unpaired) electrons. The van der Waals surface area contributed by atoms with Crippen LogP contribution in [0.4, 0.5) is 0 Å². The molecule has 0 atom stereocenters. The first-order valence-corrected chi connectivity index (χ1v) is 7.43. The number of ether oxygens (including phenoxy) is 1. The Balaban J connectivity index is 2.06. The van der Waals surface area contributed by atoms with Gasteiger partial charge in [-0.15, -0.1) is 11.3 Å². The second kappa shape index (κ2) is 5.49. The lowest BCUT2D eigenvalue weighted by Gasteiger charge is -2.36. The number of methoxy groups -OCH3 is 1. The number of aryl methyl sites for hydroxylation is 1. The van der Waals surface area contributed by atoms with Crippen molar-refractivity contribution in [3.05, 3.63) is 16.1 Å². The zero-order valence-corrected chi connectivity index (χ0v) is 12.2. The molecule has 0 bridgehead atoms. The molecule has 1 saturated carbocycles. The Kier molecular flexibility index (Phi) is 4.17. The molecular weight excluding hydrogens is 246 g/mol. The highest BCUT2D eigenvalue weighted by molar-refractivity contribution is 7.09. The van der Waals surface area contributed by atoms with Gasteiger partial charge in [-0.25, -0.2) is 4.98 Å². The van der Waals surface area contributed by atoms with E-state index in [0.717, 1.165) is 36.4 Å². The van der Waals surface area contributed by atoms with E-state index in [1.165, 1.54) is 0 Å². The fraction of sp³-hybridized carbons (Fsp3) is 0.714. The zero-order chi connectivity index (χ0) is 13.2. The van der Waals surface area contributed by atoms with Gasteiger partial charge in [0.15, 0.2) is 5.78 Å². The van der Waals surface area contributed by atoms with Gasteiger partial charge in [0.05, 0.1) is 6.42 Å². The molecule has 0 aliphatic heterocycles. The Morgan fingerprint density at radius 3 is 2.72 bits per heavy atom. The summed E-state index contributed by atoms with van der Waals surface area (Å²) in [6, 6.07) is 0. The lowest BCUT2D eigenvalue weighted by molar-refractivity contribution is -0.145. The normalized spacial score (nSPS) is 28.3. The Labute approximate surface area is 113 Å². The van der Waals surface area contributed by atoms with Crippen molar-refractivity contribution < 1.29 is 9.53 Å². The molecule has 2 rings (SSSR count). The van der Waals surface area contributed by atoms with Gasteiger partial charge in [-0.1, -0.05) is 6.92 Å². The van der Waals surface area contributed by atoms with Crippen LogP contribution in [0.15, 0.2) is 5.38 Å². The van der Waals surface area contributed by atoms with Crippen molar-refractivity contribution in [3.63, 3.8) is 0 Å². The molecule has 0 N–H and O–H groups in total. The first kappa shape index (κ1) is 13.7. The van der Waals surface area contributed by atoms with Crippen LogP contribution in [0.25, 0.3) is 0 Å². The predicted molar refractivity (Wildman–Crippen MR) is 72.9 cm³/mol. The lowest BCUT2D eigenvalue weighted by atomic mass is 9.76. The maximum atomic E-state index is 12.5. The van der Waals surface area contributed by atoms with Crippen molar-refractivity contribution in [3.8, 4) is 0 Å². The van der Waals surface area contributed by atoms with E-state index in [9.17, 15) is 4.79 Å². The number of aromatic nitrogens is 1. The van der Waals surface area contributed by atoms with Crippen LogP contribution in [-0.4, -0.2) is 23.5 Å². The van der Waals surface area contributed by atoms with Gasteiger partial charge in [0.1, 0.15) is 10.6 Å². The Morgan fingerprint density at radius 2 is 2.22 bits per heavy atom. The average Bonchev–Trinajstić information content (AvgIpc) is 2.76. The molecule has 1 aromatic rings. The highest BCUT2D eigenvalue weighted by Crippen LogP contribution is 2.35. The standard InChI is InChI=1S/C14H21NO2S/c1-10-4-6-14(17-3,7-5-10)12(16)8-13-15-11(2)9-18-13/h9-10H,4-8H2,1-3H3. The molecule has 3 nitrogen and oxygen atoms in total. The lowest BCUT2D eigenvalue weighted by Crippen LogP contribution is -2.44. The molecule has 0 unspecified atom stereocenters. The van der Waals surface area contributed by atoms with Crippen molar-refractivity contribution >= 4 is 17.1 Å². The molecule has 100 valence electrons. The topological polar surface area (TPSA) is 39.2 Å². The van der Waals surface area contributed by atoms with Crippen LogP contribution in [0.2, 0.25) is 0 Å². The molecule has 0 aromatic carbocycles. The maximum Gasteiger partial charge on any atom is 0.171 e. The van der Waals surface area contributed by atoms with E-state index in [1.807, 2.05) is 12.3 Å². The van der Waals surface area contributed by atoms with Crippen molar-refractivity contribution in [2.45, 2.75) is 51.6 Å². The Hall–Kier alpha value is -0.740. The number of hydrogen-bond donors (Lipinski definition) is 0. The fourth-order valence-corrected chi connectivity index (χ4v) is 3.38. The van der Waals surface area contributed by atoms with Crippen molar-refractivity contribution in [2.75, 3.05) is 7.11 Å². The molecule has 4 heteroatoms. The van der Waals surface area contributed by atoms with E-state index in [-0.39, 0.29) is 5.78 Å². The summed E-state index contributed by atoms with van der Waals surface area (Å²) in [6.45, 7) is 4.20. The number of Topliss-reactive ketones (excluding diaryl/α,β-unsaturated/α-hetero) is 1. The second-order valence-corrected chi connectivity index (χ2v) is 6.31. The molecule has 1 aromatic heterocycles. The van der Waals surface area contributed by atoms with E-state index in [4.69, 9.17) is 4.74 Å². The third kappa shape index (κ3) is 2.81. The number of ketones is 1. The molecule has 1 fully saturated rings. The Bertz CT molecular complexity index is 419. The molecule has 0 spiro atoms. The second-order valence-electron chi connectivity index (χ2n) is 5.36. The minimum atomic E-state index is -0.550. The smallest absolute Gasteiger partial charge is 0.171 e.